The molecule has 6 nitrogen and oxygen atoms in total. The first kappa shape index (κ1) is 25.7. The Morgan fingerprint density at radius 1 is 0.867 bits per heavy atom. The molecule has 168 valence electrons. The van der Waals surface area contributed by atoms with Crippen LogP contribution in [0.25, 0.3) is 0 Å². The largest absolute Gasteiger partial charge is 0.344 e. The molecule has 3 amide bonds. The first-order chi connectivity index (χ1) is 14.2. The normalized spacial score (nSPS) is 14.0. The molecule has 0 heterocycles. The van der Waals surface area contributed by atoms with E-state index in [4.69, 9.17) is 0 Å². The quantitative estimate of drug-likeness (QED) is 0.479. The highest BCUT2D eigenvalue weighted by Gasteiger charge is 2.26. The molecule has 0 aromatic heterocycles. The van der Waals surface area contributed by atoms with Crippen LogP contribution < -0.4 is 16.0 Å². The SMILES string of the molecule is CCCC(=O)NC(C(=O)N[C@@H](C)C(=O)Nc1ccc(CC(C)CCC)cc1)C(C)C. The molecular formula is C24H39N3O3. The lowest BCUT2D eigenvalue weighted by atomic mass is 9.97. The van der Waals surface area contributed by atoms with Crippen molar-refractivity contribution >= 4 is 23.4 Å². The minimum absolute atomic E-state index is 0.0799. The van der Waals surface area contributed by atoms with E-state index in [0.29, 0.717) is 24.4 Å². The summed E-state index contributed by atoms with van der Waals surface area (Å²) in [6.45, 7) is 11.7. The van der Waals surface area contributed by atoms with E-state index in [1.165, 1.54) is 18.4 Å². The Morgan fingerprint density at radius 3 is 2.03 bits per heavy atom. The number of hydrogen-bond acceptors (Lipinski definition) is 3. The van der Waals surface area contributed by atoms with Gasteiger partial charge in [0.1, 0.15) is 12.1 Å². The number of anilines is 1. The van der Waals surface area contributed by atoms with Gasteiger partial charge in [0, 0.05) is 12.1 Å². The fourth-order valence-corrected chi connectivity index (χ4v) is 3.35. The van der Waals surface area contributed by atoms with Gasteiger partial charge in [-0.15, -0.1) is 0 Å². The molecule has 0 spiro atoms. The average Bonchev–Trinajstić information content (AvgIpc) is 2.67. The molecule has 2 unspecified atom stereocenters. The topological polar surface area (TPSA) is 87.3 Å². The summed E-state index contributed by atoms with van der Waals surface area (Å²) in [7, 11) is 0. The van der Waals surface area contributed by atoms with E-state index in [1.54, 1.807) is 6.92 Å². The van der Waals surface area contributed by atoms with Crippen molar-refractivity contribution in [1.29, 1.82) is 0 Å². The van der Waals surface area contributed by atoms with Gasteiger partial charge in [-0.3, -0.25) is 14.4 Å². The molecule has 6 heteroatoms. The summed E-state index contributed by atoms with van der Waals surface area (Å²) < 4.78 is 0. The maximum Gasteiger partial charge on any atom is 0.246 e. The van der Waals surface area contributed by atoms with Crippen LogP contribution in [-0.2, 0) is 20.8 Å². The highest BCUT2D eigenvalue weighted by Crippen LogP contribution is 2.16. The van der Waals surface area contributed by atoms with Crippen molar-refractivity contribution in [2.45, 2.75) is 85.7 Å². The summed E-state index contributed by atoms with van der Waals surface area (Å²) in [6.07, 6.45) is 4.49. The third kappa shape index (κ3) is 8.97. The lowest BCUT2D eigenvalue weighted by Crippen LogP contribution is -2.53. The molecule has 1 aromatic rings. The van der Waals surface area contributed by atoms with Crippen molar-refractivity contribution in [2.24, 2.45) is 11.8 Å². The molecule has 0 aliphatic rings. The Morgan fingerprint density at radius 2 is 1.50 bits per heavy atom. The van der Waals surface area contributed by atoms with Gasteiger partial charge < -0.3 is 16.0 Å². The van der Waals surface area contributed by atoms with Crippen LogP contribution >= 0.6 is 0 Å². The molecule has 1 rings (SSSR count). The second-order valence-electron chi connectivity index (χ2n) is 8.55. The first-order valence-electron chi connectivity index (χ1n) is 11.2. The van der Waals surface area contributed by atoms with Crippen LogP contribution in [0.4, 0.5) is 5.69 Å². The second-order valence-corrected chi connectivity index (χ2v) is 8.55. The van der Waals surface area contributed by atoms with Crippen LogP contribution in [-0.4, -0.2) is 29.8 Å². The Hall–Kier alpha value is -2.37. The zero-order chi connectivity index (χ0) is 22.7. The van der Waals surface area contributed by atoms with E-state index in [0.717, 1.165) is 6.42 Å². The Bertz CT molecular complexity index is 685. The smallest absolute Gasteiger partial charge is 0.246 e. The van der Waals surface area contributed by atoms with E-state index in [1.807, 2.05) is 45.0 Å². The summed E-state index contributed by atoms with van der Waals surface area (Å²) in [4.78, 5) is 37.0. The summed E-state index contributed by atoms with van der Waals surface area (Å²) in [5, 5.41) is 8.31. The highest BCUT2D eigenvalue weighted by atomic mass is 16.2. The second kappa shape index (κ2) is 13.0. The van der Waals surface area contributed by atoms with E-state index in [2.05, 4.69) is 29.8 Å². The van der Waals surface area contributed by atoms with Gasteiger partial charge in [-0.25, -0.2) is 0 Å². The van der Waals surface area contributed by atoms with Gasteiger partial charge in [-0.2, -0.15) is 0 Å². The van der Waals surface area contributed by atoms with E-state index >= 15 is 0 Å². The van der Waals surface area contributed by atoms with Crippen LogP contribution in [0.15, 0.2) is 24.3 Å². The molecule has 0 saturated heterocycles. The molecule has 1 aromatic carbocycles. The predicted octanol–water partition coefficient (Wildman–Crippen LogP) is 4.05. The van der Waals surface area contributed by atoms with Crippen molar-refractivity contribution in [2.75, 3.05) is 5.32 Å². The van der Waals surface area contributed by atoms with Crippen molar-refractivity contribution in [3.05, 3.63) is 29.8 Å². The summed E-state index contributed by atoms with van der Waals surface area (Å²) in [5.74, 6) is -0.242. The molecule has 0 radical (unpaired) electrons. The van der Waals surface area contributed by atoms with Gasteiger partial charge in [-0.05, 0) is 49.3 Å². The van der Waals surface area contributed by atoms with Gasteiger partial charge in [0.2, 0.25) is 17.7 Å². The molecule has 30 heavy (non-hydrogen) atoms. The Labute approximate surface area is 181 Å². The number of hydrogen-bond donors (Lipinski definition) is 3. The number of carbonyl (C=O) groups is 3. The maximum absolute atomic E-state index is 12.6. The summed E-state index contributed by atoms with van der Waals surface area (Å²) in [6, 6.07) is 6.46. The fourth-order valence-electron chi connectivity index (χ4n) is 3.35. The number of nitrogens with one attached hydrogen (secondary N) is 3. The van der Waals surface area contributed by atoms with Gasteiger partial charge in [0.05, 0.1) is 0 Å². The third-order valence-corrected chi connectivity index (χ3v) is 5.08. The Kier molecular flexibility index (Phi) is 11.2. The van der Waals surface area contributed by atoms with Crippen LogP contribution in [0, 0.1) is 11.8 Å². The molecule has 3 N–H and O–H groups in total. The zero-order valence-corrected chi connectivity index (χ0v) is 19.4. The number of benzene rings is 1. The highest BCUT2D eigenvalue weighted by molar-refractivity contribution is 5.98. The number of rotatable bonds is 12. The number of carbonyl (C=O) groups excluding carboxylic acids is 3. The molecule has 3 atom stereocenters. The third-order valence-electron chi connectivity index (χ3n) is 5.08. The molecule has 0 aliphatic heterocycles. The predicted molar refractivity (Wildman–Crippen MR) is 122 cm³/mol. The minimum Gasteiger partial charge on any atom is -0.344 e. The first-order valence-corrected chi connectivity index (χ1v) is 11.2. The lowest BCUT2D eigenvalue weighted by molar-refractivity contribution is -0.131. The van der Waals surface area contributed by atoms with Crippen molar-refractivity contribution in [1.82, 2.24) is 10.6 Å². The van der Waals surface area contributed by atoms with E-state index < -0.39 is 12.1 Å². The summed E-state index contributed by atoms with van der Waals surface area (Å²) in [5.41, 5.74) is 1.95. The van der Waals surface area contributed by atoms with E-state index in [-0.39, 0.29) is 23.6 Å². The lowest BCUT2D eigenvalue weighted by Gasteiger charge is -2.23. The van der Waals surface area contributed by atoms with Gasteiger partial charge in [0.25, 0.3) is 0 Å². The van der Waals surface area contributed by atoms with Gasteiger partial charge >= 0.3 is 0 Å². The molecule has 0 aliphatic carbocycles. The monoisotopic (exact) mass is 417 g/mol. The zero-order valence-electron chi connectivity index (χ0n) is 19.4. The fraction of sp³-hybridized carbons (Fsp3) is 0.625. The molecule has 0 fully saturated rings. The van der Waals surface area contributed by atoms with Crippen molar-refractivity contribution < 1.29 is 14.4 Å². The number of amides is 3. The molecule has 0 bridgehead atoms. The van der Waals surface area contributed by atoms with Crippen LogP contribution in [0.2, 0.25) is 0 Å². The average molecular weight is 418 g/mol. The minimum atomic E-state index is -0.717. The standard InChI is InChI=1S/C24H39N3O3/c1-7-9-17(5)15-19-11-13-20(14-12-19)26-23(29)18(6)25-24(30)22(16(3)4)27-21(28)10-8-2/h11-14,16-18,22H,7-10,15H2,1-6H3,(H,25,30)(H,26,29)(H,27,28)/t17?,18-,22?/m0/s1. The van der Waals surface area contributed by atoms with Crippen molar-refractivity contribution in [3.63, 3.8) is 0 Å². The molecular weight excluding hydrogens is 378 g/mol. The molecule has 0 saturated carbocycles. The van der Waals surface area contributed by atoms with E-state index in [9.17, 15) is 14.4 Å². The van der Waals surface area contributed by atoms with Gasteiger partial charge in [0.15, 0.2) is 0 Å². The summed E-state index contributed by atoms with van der Waals surface area (Å²) >= 11 is 0. The van der Waals surface area contributed by atoms with Gasteiger partial charge in [-0.1, -0.05) is 59.6 Å². The Balaban J connectivity index is 2.62. The van der Waals surface area contributed by atoms with Crippen LogP contribution in [0.3, 0.4) is 0 Å². The van der Waals surface area contributed by atoms with Crippen LogP contribution in [0.5, 0.6) is 0 Å². The van der Waals surface area contributed by atoms with Crippen molar-refractivity contribution in [3.8, 4) is 0 Å². The maximum atomic E-state index is 12.6. The van der Waals surface area contributed by atoms with Crippen LogP contribution in [0.1, 0.15) is 72.8 Å².